The molecular formula is C26H32OSSi. The fourth-order valence-electron chi connectivity index (χ4n) is 3.90. The van der Waals surface area contributed by atoms with E-state index < -0.39 is 8.32 Å². The quantitative estimate of drug-likeness (QED) is 0.234. The Kier molecular flexibility index (Phi) is 7.76. The van der Waals surface area contributed by atoms with Crippen molar-refractivity contribution in [1.82, 2.24) is 0 Å². The molecule has 0 radical (unpaired) electrons. The smallest absolute Gasteiger partial charge is 0.261 e. The van der Waals surface area contributed by atoms with Crippen molar-refractivity contribution in [2.24, 2.45) is 0 Å². The Hall–Kier alpha value is -1.81. The SMILES string of the molecule is CC(C)(C)[Si](OCCCCSc1ccccc1)(c1ccccc1)c1ccccc1. The lowest BCUT2D eigenvalue weighted by atomic mass is 10.2. The molecule has 0 unspecified atom stereocenters. The predicted octanol–water partition coefficient (Wildman–Crippen LogP) is 6.14. The first kappa shape index (κ1) is 21.9. The lowest BCUT2D eigenvalue weighted by molar-refractivity contribution is 0.291. The Labute approximate surface area is 181 Å². The van der Waals surface area contributed by atoms with Crippen LogP contribution in [0.4, 0.5) is 0 Å². The summed E-state index contributed by atoms with van der Waals surface area (Å²) < 4.78 is 6.95. The molecule has 152 valence electrons. The average molecular weight is 421 g/mol. The van der Waals surface area contributed by atoms with E-state index in [1.54, 1.807) is 0 Å². The first-order valence-electron chi connectivity index (χ1n) is 10.5. The van der Waals surface area contributed by atoms with Crippen LogP contribution in [0.3, 0.4) is 0 Å². The summed E-state index contributed by atoms with van der Waals surface area (Å²) in [6.07, 6.45) is 2.25. The van der Waals surface area contributed by atoms with Gasteiger partial charge in [0, 0.05) is 11.5 Å². The Morgan fingerprint density at radius 2 is 1.17 bits per heavy atom. The lowest BCUT2D eigenvalue weighted by Crippen LogP contribution is -2.66. The van der Waals surface area contributed by atoms with Gasteiger partial charge >= 0.3 is 0 Å². The van der Waals surface area contributed by atoms with Crippen LogP contribution in [0.25, 0.3) is 0 Å². The van der Waals surface area contributed by atoms with Gasteiger partial charge in [0.2, 0.25) is 0 Å². The molecule has 3 heteroatoms. The fraction of sp³-hybridized carbons (Fsp3) is 0.308. The van der Waals surface area contributed by atoms with Gasteiger partial charge < -0.3 is 4.43 Å². The zero-order valence-electron chi connectivity index (χ0n) is 17.8. The molecular weight excluding hydrogens is 388 g/mol. The van der Waals surface area contributed by atoms with E-state index >= 15 is 0 Å². The molecule has 1 nitrogen and oxygen atoms in total. The molecule has 0 saturated heterocycles. The van der Waals surface area contributed by atoms with Gasteiger partial charge in [-0.1, -0.05) is 99.6 Å². The highest BCUT2D eigenvalue weighted by Gasteiger charge is 2.49. The summed E-state index contributed by atoms with van der Waals surface area (Å²) in [6, 6.07) is 32.5. The third kappa shape index (κ3) is 5.42. The average Bonchev–Trinajstić information content (AvgIpc) is 2.74. The minimum atomic E-state index is -2.38. The summed E-state index contributed by atoms with van der Waals surface area (Å²) in [4.78, 5) is 1.35. The number of rotatable bonds is 9. The molecule has 0 aliphatic carbocycles. The van der Waals surface area contributed by atoms with Gasteiger partial charge in [0.05, 0.1) is 0 Å². The summed E-state index contributed by atoms with van der Waals surface area (Å²) in [7, 11) is -2.38. The molecule has 3 aromatic rings. The Balaban J connectivity index is 1.72. The Morgan fingerprint density at radius 1 is 0.690 bits per heavy atom. The monoisotopic (exact) mass is 420 g/mol. The van der Waals surface area contributed by atoms with E-state index in [9.17, 15) is 0 Å². The molecule has 3 aromatic carbocycles. The molecule has 0 fully saturated rings. The zero-order chi connectivity index (χ0) is 20.6. The van der Waals surface area contributed by atoms with E-state index in [0.29, 0.717) is 0 Å². The van der Waals surface area contributed by atoms with Crippen molar-refractivity contribution in [3.63, 3.8) is 0 Å². The van der Waals surface area contributed by atoms with Crippen molar-refractivity contribution in [2.75, 3.05) is 12.4 Å². The molecule has 0 aliphatic rings. The highest BCUT2D eigenvalue weighted by atomic mass is 32.2. The van der Waals surface area contributed by atoms with Gasteiger partial charge in [-0.25, -0.2) is 0 Å². The third-order valence-electron chi connectivity index (χ3n) is 5.29. The molecule has 0 aromatic heterocycles. The van der Waals surface area contributed by atoms with Crippen molar-refractivity contribution >= 4 is 30.5 Å². The second-order valence-corrected chi connectivity index (χ2v) is 13.9. The molecule has 0 N–H and O–H groups in total. The fourth-order valence-corrected chi connectivity index (χ4v) is 9.44. The summed E-state index contributed by atoms with van der Waals surface area (Å²) in [5.41, 5.74) is 0. The maximum absolute atomic E-state index is 6.95. The van der Waals surface area contributed by atoms with Gasteiger partial charge in [0.15, 0.2) is 0 Å². The molecule has 0 bridgehead atoms. The van der Waals surface area contributed by atoms with Gasteiger partial charge in [-0.2, -0.15) is 0 Å². The molecule has 29 heavy (non-hydrogen) atoms. The molecule has 0 amide bonds. The van der Waals surface area contributed by atoms with Gasteiger partial charge in [-0.05, 0) is 46.1 Å². The molecule has 0 atom stereocenters. The predicted molar refractivity (Wildman–Crippen MR) is 130 cm³/mol. The van der Waals surface area contributed by atoms with Crippen molar-refractivity contribution in [3.8, 4) is 0 Å². The summed E-state index contributed by atoms with van der Waals surface area (Å²) in [5.74, 6) is 1.13. The van der Waals surface area contributed by atoms with Crippen LogP contribution in [0.2, 0.25) is 5.04 Å². The van der Waals surface area contributed by atoms with E-state index in [4.69, 9.17) is 4.43 Å². The maximum atomic E-state index is 6.95. The van der Waals surface area contributed by atoms with Crippen LogP contribution in [0.1, 0.15) is 33.6 Å². The van der Waals surface area contributed by atoms with E-state index in [1.807, 2.05) is 11.8 Å². The Morgan fingerprint density at radius 3 is 1.66 bits per heavy atom. The third-order valence-corrected chi connectivity index (χ3v) is 11.4. The Bertz CT molecular complexity index is 805. The van der Waals surface area contributed by atoms with Gasteiger partial charge in [0.1, 0.15) is 0 Å². The van der Waals surface area contributed by atoms with Crippen LogP contribution in [-0.4, -0.2) is 20.7 Å². The first-order chi connectivity index (χ1) is 14.0. The molecule has 0 heterocycles. The number of hydrogen-bond acceptors (Lipinski definition) is 2. The van der Waals surface area contributed by atoms with Crippen LogP contribution in [0.15, 0.2) is 95.9 Å². The van der Waals surface area contributed by atoms with Gasteiger partial charge in [-0.3, -0.25) is 0 Å². The standard InChI is InChI=1S/C26H32OSSi/c1-26(2,3)29(24-17-9-5-10-18-24,25-19-11-6-12-20-25)27-21-13-14-22-28-23-15-7-4-8-16-23/h4-12,15-20H,13-14,21-22H2,1-3H3. The minimum Gasteiger partial charge on any atom is -0.407 e. The van der Waals surface area contributed by atoms with E-state index in [-0.39, 0.29) is 5.04 Å². The topological polar surface area (TPSA) is 9.23 Å². The number of benzene rings is 3. The van der Waals surface area contributed by atoms with Crippen LogP contribution >= 0.6 is 11.8 Å². The van der Waals surface area contributed by atoms with Crippen LogP contribution in [0, 0.1) is 0 Å². The normalized spacial score (nSPS) is 12.1. The summed E-state index contributed by atoms with van der Waals surface area (Å²) in [6.45, 7) is 7.82. The second-order valence-electron chi connectivity index (χ2n) is 8.38. The second kappa shape index (κ2) is 10.3. The number of thioether (sulfide) groups is 1. The van der Waals surface area contributed by atoms with Crippen LogP contribution in [0.5, 0.6) is 0 Å². The van der Waals surface area contributed by atoms with Crippen molar-refractivity contribution in [1.29, 1.82) is 0 Å². The molecule has 0 aliphatic heterocycles. The van der Waals surface area contributed by atoms with E-state index in [1.165, 1.54) is 15.3 Å². The van der Waals surface area contributed by atoms with E-state index in [0.717, 1.165) is 25.2 Å². The maximum Gasteiger partial charge on any atom is 0.261 e. The van der Waals surface area contributed by atoms with E-state index in [2.05, 4.69) is 112 Å². The summed E-state index contributed by atoms with van der Waals surface area (Å²) >= 11 is 1.93. The zero-order valence-corrected chi connectivity index (χ0v) is 19.6. The van der Waals surface area contributed by atoms with Gasteiger partial charge in [0.25, 0.3) is 8.32 Å². The minimum absolute atomic E-state index is 0.0501. The van der Waals surface area contributed by atoms with Crippen LogP contribution in [-0.2, 0) is 4.43 Å². The lowest BCUT2D eigenvalue weighted by Gasteiger charge is -2.43. The summed E-state index contributed by atoms with van der Waals surface area (Å²) in [5, 5.41) is 2.77. The molecule has 0 saturated carbocycles. The van der Waals surface area contributed by atoms with Crippen molar-refractivity contribution in [3.05, 3.63) is 91.0 Å². The number of hydrogen-bond donors (Lipinski definition) is 0. The van der Waals surface area contributed by atoms with Crippen LogP contribution < -0.4 is 10.4 Å². The highest BCUT2D eigenvalue weighted by Crippen LogP contribution is 2.36. The number of unbranched alkanes of at least 4 members (excludes halogenated alkanes) is 1. The largest absolute Gasteiger partial charge is 0.407 e. The van der Waals surface area contributed by atoms with Crippen molar-refractivity contribution < 1.29 is 4.43 Å². The first-order valence-corrected chi connectivity index (χ1v) is 13.4. The molecule has 3 rings (SSSR count). The van der Waals surface area contributed by atoms with Gasteiger partial charge in [-0.15, -0.1) is 11.8 Å². The molecule has 0 spiro atoms. The van der Waals surface area contributed by atoms with Crippen molar-refractivity contribution in [2.45, 2.75) is 43.5 Å². The highest BCUT2D eigenvalue weighted by molar-refractivity contribution is 7.99.